The highest BCUT2D eigenvalue weighted by atomic mass is 79.9. The van der Waals surface area contributed by atoms with Crippen molar-refractivity contribution in [2.24, 2.45) is 0 Å². The summed E-state index contributed by atoms with van der Waals surface area (Å²) in [4.78, 5) is 20.4. The maximum absolute atomic E-state index is 11.1. The highest BCUT2D eigenvalue weighted by molar-refractivity contribution is 9.11. The fraction of sp³-hybridized carbons (Fsp3) is 0. The van der Waals surface area contributed by atoms with Gasteiger partial charge >= 0.3 is 5.69 Å². The first-order valence-corrected chi connectivity index (χ1v) is 7.92. The summed E-state index contributed by atoms with van der Waals surface area (Å²) in [5.41, 5.74) is -0.871. The van der Waals surface area contributed by atoms with E-state index in [4.69, 9.17) is 4.74 Å². The summed E-state index contributed by atoms with van der Waals surface area (Å²) >= 11 is 9.88. The number of ether oxygens (including phenoxy) is 1. The van der Waals surface area contributed by atoms with Crippen molar-refractivity contribution in [2.45, 2.75) is 0 Å². The fourth-order valence-electron chi connectivity index (χ4n) is 1.58. The monoisotopic (exact) mass is 494 g/mol. The molecule has 0 unspecified atom stereocenters. The Morgan fingerprint density at radius 2 is 1.50 bits per heavy atom. The summed E-state index contributed by atoms with van der Waals surface area (Å²) in [6.45, 7) is 0. The Kier molecular flexibility index (Phi) is 5.14. The predicted molar refractivity (Wildman–Crippen MR) is 89.4 cm³/mol. The Balaban J connectivity index is 2.50. The first-order chi connectivity index (χ1) is 10.3. The molecule has 0 aliphatic carbocycles. The molecule has 2 aromatic rings. The second-order valence-corrected chi connectivity index (χ2v) is 6.59. The van der Waals surface area contributed by atoms with Gasteiger partial charge in [0, 0.05) is 10.5 Å². The summed E-state index contributed by atoms with van der Waals surface area (Å²) in [5, 5.41) is 21.8. The van der Waals surface area contributed by atoms with Crippen LogP contribution in [-0.2, 0) is 0 Å². The van der Waals surface area contributed by atoms with E-state index in [0.717, 1.165) is 16.6 Å². The first-order valence-electron chi connectivity index (χ1n) is 5.55. The van der Waals surface area contributed by atoms with E-state index >= 15 is 0 Å². The molecule has 0 radical (unpaired) electrons. The molecule has 2 rings (SSSR count). The van der Waals surface area contributed by atoms with E-state index in [1.807, 2.05) is 0 Å². The van der Waals surface area contributed by atoms with Gasteiger partial charge in [0.25, 0.3) is 5.69 Å². The lowest BCUT2D eigenvalue weighted by Gasteiger charge is -2.10. The minimum Gasteiger partial charge on any atom is -0.448 e. The quantitative estimate of drug-likeness (QED) is 0.406. The standard InChI is InChI=1S/C12H5Br3N2O5/c13-6-3-8(14)12(9(15)4-6)22-11-2-1-7(16(18)19)5-10(11)17(20)21/h1-5H. The van der Waals surface area contributed by atoms with Crippen LogP contribution in [0.1, 0.15) is 0 Å². The Morgan fingerprint density at radius 1 is 0.909 bits per heavy atom. The van der Waals surface area contributed by atoms with Gasteiger partial charge < -0.3 is 4.74 Å². The number of hydrogen-bond donors (Lipinski definition) is 0. The van der Waals surface area contributed by atoms with Crippen molar-refractivity contribution in [1.82, 2.24) is 0 Å². The summed E-state index contributed by atoms with van der Waals surface area (Å²) in [6.07, 6.45) is 0. The van der Waals surface area contributed by atoms with Gasteiger partial charge in [0.05, 0.1) is 24.9 Å². The van der Waals surface area contributed by atoms with E-state index in [-0.39, 0.29) is 11.4 Å². The molecule has 0 atom stereocenters. The van der Waals surface area contributed by atoms with Gasteiger partial charge in [0.2, 0.25) is 5.75 Å². The second kappa shape index (κ2) is 6.71. The molecule has 0 bridgehead atoms. The molecule has 0 fully saturated rings. The Morgan fingerprint density at radius 3 is 2.00 bits per heavy atom. The number of nitro benzene ring substituents is 2. The average Bonchev–Trinajstić information content (AvgIpc) is 2.42. The van der Waals surface area contributed by atoms with Crippen LogP contribution in [0, 0.1) is 20.2 Å². The molecule has 0 saturated heterocycles. The van der Waals surface area contributed by atoms with Crippen LogP contribution in [0.3, 0.4) is 0 Å². The number of rotatable bonds is 4. The van der Waals surface area contributed by atoms with E-state index in [1.54, 1.807) is 12.1 Å². The van der Waals surface area contributed by atoms with Crippen molar-refractivity contribution in [3.63, 3.8) is 0 Å². The van der Waals surface area contributed by atoms with Crippen molar-refractivity contribution in [3.8, 4) is 11.5 Å². The molecular formula is C12H5Br3N2O5. The highest BCUT2D eigenvalue weighted by Gasteiger charge is 2.22. The van der Waals surface area contributed by atoms with Crippen LogP contribution in [0.4, 0.5) is 11.4 Å². The van der Waals surface area contributed by atoms with Gasteiger partial charge in [-0.05, 0) is 50.1 Å². The molecule has 0 spiro atoms. The lowest BCUT2D eigenvalue weighted by atomic mass is 10.2. The van der Waals surface area contributed by atoms with Gasteiger partial charge in [-0.25, -0.2) is 0 Å². The van der Waals surface area contributed by atoms with Crippen molar-refractivity contribution < 1.29 is 14.6 Å². The largest absolute Gasteiger partial charge is 0.448 e. The molecule has 22 heavy (non-hydrogen) atoms. The van der Waals surface area contributed by atoms with E-state index < -0.39 is 15.5 Å². The molecule has 2 aromatic carbocycles. The molecule has 0 aromatic heterocycles. The fourth-order valence-corrected chi connectivity index (χ4v) is 4.01. The van der Waals surface area contributed by atoms with E-state index in [2.05, 4.69) is 47.8 Å². The minimum absolute atomic E-state index is 0.0978. The summed E-state index contributed by atoms with van der Waals surface area (Å²) in [5.74, 6) is 0.222. The van der Waals surface area contributed by atoms with Crippen molar-refractivity contribution >= 4 is 59.2 Å². The van der Waals surface area contributed by atoms with Gasteiger partial charge in [-0.3, -0.25) is 20.2 Å². The summed E-state index contributed by atoms with van der Waals surface area (Å²) < 4.78 is 7.43. The van der Waals surface area contributed by atoms with Crippen LogP contribution in [0.5, 0.6) is 11.5 Å². The molecule has 0 amide bonds. The van der Waals surface area contributed by atoms with Crippen LogP contribution in [0.25, 0.3) is 0 Å². The Hall–Kier alpha value is -1.52. The van der Waals surface area contributed by atoms with Crippen molar-refractivity contribution in [2.75, 3.05) is 0 Å². The molecule has 0 saturated carbocycles. The predicted octanol–water partition coefficient (Wildman–Crippen LogP) is 5.58. The zero-order valence-corrected chi connectivity index (χ0v) is 15.2. The third-order valence-corrected chi connectivity index (χ3v) is 4.16. The normalized spacial score (nSPS) is 10.3. The zero-order chi connectivity index (χ0) is 16.4. The lowest BCUT2D eigenvalue weighted by molar-refractivity contribution is -0.394. The van der Waals surface area contributed by atoms with Gasteiger partial charge in [-0.15, -0.1) is 0 Å². The van der Waals surface area contributed by atoms with Crippen LogP contribution in [0.15, 0.2) is 43.7 Å². The van der Waals surface area contributed by atoms with Gasteiger partial charge in [-0.1, -0.05) is 15.9 Å². The van der Waals surface area contributed by atoms with Crippen molar-refractivity contribution in [3.05, 3.63) is 64.0 Å². The van der Waals surface area contributed by atoms with Crippen LogP contribution < -0.4 is 4.74 Å². The summed E-state index contributed by atoms with van der Waals surface area (Å²) in [6, 6.07) is 6.60. The Labute approximate surface area is 149 Å². The third kappa shape index (κ3) is 3.62. The SMILES string of the molecule is O=[N+]([O-])c1ccc(Oc2c(Br)cc(Br)cc2Br)c([N+](=O)[O-])c1. The smallest absolute Gasteiger partial charge is 0.318 e. The van der Waals surface area contributed by atoms with E-state index in [9.17, 15) is 20.2 Å². The lowest BCUT2D eigenvalue weighted by Crippen LogP contribution is -1.97. The molecular weight excluding hydrogens is 492 g/mol. The number of benzene rings is 2. The Bertz CT molecular complexity index is 758. The molecule has 7 nitrogen and oxygen atoms in total. The van der Waals surface area contributed by atoms with Crippen LogP contribution in [-0.4, -0.2) is 9.85 Å². The number of nitrogens with zero attached hydrogens (tertiary/aromatic N) is 2. The molecule has 114 valence electrons. The maximum Gasteiger partial charge on any atom is 0.318 e. The molecule has 0 heterocycles. The molecule has 10 heteroatoms. The number of nitro groups is 2. The van der Waals surface area contributed by atoms with Gasteiger partial charge in [-0.2, -0.15) is 0 Å². The van der Waals surface area contributed by atoms with Crippen molar-refractivity contribution in [1.29, 1.82) is 0 Å². The number of halogens is 3. The average molecular weight is 497 g/mol. The summed E-state index contributed by atoms with van der Waals surface area (Å²) in [7, 11) is 0. The minimum atomic E-state index is -0.733. The van der Waals surface area contributed by atoms with Crippen LogP contribution >= 0.6 is 47.8 Å². The topological polar surface area (TPSA) is 95.5 Å². The highest BCUT2D eigenvalue weighted by Crippen LogP contribution is 2.42. The van der Waals surface area contributed by atoms with E-state index in [1.165, 1.54) is 6.07 Å². The third-order valence-electron chi connectivity index (χ3n) is 2.53. The van der Waals surface area contributed by atoms with E-state index in [0.29, 0.717) is 14.7 Å². The number of non-ortho nitro benzene ring substituents is 1. The second-order valence-electron chi connectivity index (χ2n) is 3.97. The molecule has 0 N–H and O–H groups in total. The zero-order valence-electron chi connectivity index (χ0n) is 10.5. The van der Waals surface area contributed by atoms with Gasteiger partial charge in [0.15, 0.2) is 5.75 Å². The van der Waals surface area contributed by atoms with Gasteiger partial charge in [0.1, 0.15) is 0 Å². The molecule has 0 aliphatic rings. The molecule has 0 aliphatic heterocycles. The maximum atomic E-state index is 11.1. The number of hydrogen-bond acceptors (Lipinski definition) is 5. The first kappa shape index (κ1) is 16.8. The van der Waals surface area contributed by atoms with Crippen LogP contribution in [0.2, 0.25) is 0 Å².